The minimum absolute atomic E-state index is 0.174. The molecule has 0 fully saturated rings. The standard InChI is InChI=1S/C21H24N4O3S3/c1-4-25-18(13-9-12(2)29-10-13)23-24-21(25)30-11-16(26)22-19-17(20(27)28-3)14-7-5-6-8-15(14)31-19/h9-10H,4-8,11H2,1-3H3,(H,22,26). The zero-order chi connectivity index (χ0) is 22.0. The van der Waals surface area contributed by atoms with Crippen LogP contribution < -0.4 is 5.32 Å². The SMILES string of the molecule is CCn1c(SCC(=O)Nc2sc3c(c2C(=O)OC)CCCC3)nnc1-c1csc(C)c1. The van der Waals surface area contributed by atoms with Crippen LogP contribution in [0.15, 0.2) is 16.6 Å². The second-order valence-corrected chi connectivity index (χ2v) is 10.4. The molecule has 3 aromatic heterocycles. The number of nitrogens with zero attached hydrogens (tertiary/aromatic N) is 3. The third kappa shape index (κ3) is 4.56. The van der Waals surface area contributed by atoms with Gasteiger partial charge in [-0.05, 0) is 51.2 Å². The molecule has 164 valence electrons. The van der Waals surface area contributed by atoms with Gasteiger partial charge in [0, 0.05) is 27.2 Å². The summed E-state index contributed by atoms with van der Waals surface area (Å²) >= 11 is 4.51. The summed E-state index contributed by atoms with van der Waals surface area (Å²) < 4.78 is 7.00. The van der Waals surface area contributed by atoms with E-state index in [0.717, 1.165) is 42.6 Å². The Bertz CT molecular complexity index is 1120. The lowest BCUT2D eigenvalue weighted by Crippen LogP contribution is -2.17. The molecule has 10 heteroatoms. The molecule has 0 saturated heterocycles. The lowest BCUT2D eigenvalue weighted by atomic mass is 9.95. The summed E-state index contributed by atoms with van der Waals surface area (Å²) in [7, 11) is 1.38. The first-order valence-electron chi connectivity index (χ1n) is 10.2. The minimum atomic E-state index is -0.385. The number of hydrogen-bond donors (Lipinski definition) is 1. The molecule has 0 unspecified atom stereocenters. The van der Waals surface area contributed by atoms with Gasteiger partial charge in [0.05, 0.1) is 18.4 Å². The van der Waals surface area contributed by atoms with Gasteiger partial charge in [0.25, 0.3) is 0 Å². The highest BCUT2D eigenvalue weighted by Crippen LogP contribution is 2.38. The quantitative estimate of drug-likeness (QED) is 0.390. The zero-order valence-corrected chi connectivity index (χ0v) is 20.1. The fourth-order valence-corrected chi connectivity index (χ4v) is 6.50. The van der Waals surface area contributed by atoms with Crippen LogP contribution in [0, 0.1) is 6.92 Å². The molecule has 0 bridgehead atoms. The minimum Gasteiger partial charge on any atom is -0.465 e. The lowest BCUT2D eigenvalue weighted by Gasteiger charge is -2.11. The van der Waals surface area contributed by atoms with Crippen molar-refractivity contribution in [1.82, 2.24) is 14.8 Å². The van der Waals surface area contributed by atoms with Crippen LogP contribution in [0.4, 0.5) is 5.00 Å². The van der Waals surface area contributed by atoms with E-state index in [1.807, 2.05) is 11.5 Å². The summed E-state index contributed by atoms with van der Waals surface area (Å²) in [4.78, 5) is 27.5. The summed E-state index contributed by atoms with van der Waals surface area (Å²) in [6, 6.07) is 2.09. The van der Waals surface area contributed by atoms with Gasteiger partial charge in [-0.1, -0.05) is 11.8 Å². The van der Waals surface area contributed by atoms with Crippen molar-refractivity contribution in [2.24, 2.45) is 0 Å². The lowest BCUT2D eigenvalue weighted by molar-refractivity contribution is -0.113. The maximum Gasteiger partial charge on any atom is 0.341 e. The average molecular weight is 477 g/mol. The first kappa shape index (κ1) is 22.0. The van der Waals surface area contributed by atoms with Crippen LogP contribution >= 0.6 is 34.4 Å². The van der Waals surface area contributed by atoms with Crippen LogP contribution in [0.2, 0.25) is 0 Å². The van der Waals surface area contributed by atoms with Crippen molar-refractivity contribution < 1.29 is 14.3 Å². The molecule has 0 aromatic carbocycles. The molecule has 0 atom stereocenters. The number of thiophene rings is 2. The summed E-state index contributed by atoms with van der Waals surface area (Å²) in [5.74, 6) is 0.439. The molecule has 31 heavy (non-hydrogen) atoms. The third-order valence-corrected chi connectivity index (χ3v) is 8.20. The average Bonchev–Trinajstić information content (AvgIpc) is 3.47. The second-order valence-electron chi connectivity index (χ2n) is 7.24. The monoisotopic (exact) mass is 476 g/mol. The van der Waals surface area contributed by atoms with Crippen LogP contribution in [-0.4, -0.2) is 39.5 Å². The predicted molar refractivity (Wildman–Crippen MR) is 125 cm³/mol. The van der Waals surface area contributed by atoms with Crippen LogP contribution in [0.5, 0.6) is 0 Å². The largest absolute Gasteiger partial charge is 0.465 e. The summed E-state index contributed by atoms with van der Waals surface area (Å²) in [6.07, 6.45) is 3.95. The number of aromatic nitrogens is 3. The Morgan fingerprint density at radius 1 is 1.29 bits per heavy atom. The number of methoxy groups -OCH3 is 1. The number of nitrogens with one attached hydrogen (secondary N) is 1. The molecule has 0 aliphatic heterocycles. The molecule has 1 aliphatic carbocycles. The number of ether oxygens (including phenoxy) is 1. The van der Waals surface area contributed by atoms with E-state index in [1.165, 1.54) is 40.0 Å². The molecule has 1 aliphatic rings. The Labute approximate surface area is 193 Å². The van der Waals surface area contributed by atoms with Gasteiger partial charge in [0.2, 0.25) is 5.91 Å². The van der Waals surface area contributed by atoms with Crippen LogP contribution in [0.3, 0.4) is 0 Å². The number of carbonyl (C=O) groups excluding carboxylic acids is 2. The fraction of sp³-hybridized carbons (Fsp3) is 0.429. The Kier molecular flexibility index (Phi) is 6.78. The molecule has 1 amide bonds. The molecule has 4 rings (SSSR count). The Morgan fingerprint density at radius 3 is 2.81 bits per heavy atom. The summed E-state index contributed by atoms with van der Waals surface area (Å²) in [5.41, 5.74) is 2.60. The number of fused-ring (bicyclic) bond motifs is 1. The van der Waals surface area contributed by atoms with E-state index in [-0.39, 0.29) is 17.6 Å². The Hall–Kier alpha value is -2.17. The van der Waals surface area contributed by atoms with Crippen molar-refractivity contribution in [1.29, 1.82) is 0 Å². The maximum absolute atomic E-state index is 12.7. The second kappa shape index (κ2) is 9.54. The van der Waals surface area contributed by atoms with E-state index in [4.69, 9.17) is 4.74 Å². The fourth-order valence-electron chi connectivity index (χ4n) is 3.72. The molecule has 0 spiro atoms. The number of aryl methyl sites for hydroxylation is 2. The van der Waals surface area contributed by atoms with Gasteiger partial charge in [-0.15, -0.1) is 32.9 Å². The van der Waals surface area contributed by atoms with Crippen molar-refractivity contribution in [2.75, 3.05) is 18.2 Å². The number of rotatable bonds is 7. The first-order valence-corrected chi connectivity index (χ1v) is 12.8. The van der Waals surface area contributed by atoms with Gasteiger partial charge in [-0.25, -0.2) is 4.79 Å². The van der Waals surface area contributed by atoms with Gasteiger partial charge in [-0.2, -0.15) is 0 Å². The molecule has 7 nitrogen and oxygen atoms in total. The number of anilines is 1. The maximum atomic E-state index is 12.7. The van der Waals surface area contributed by atoms with Gasteiger partial charge >= 0.3 is 5.97 Å². The normalized spacial score (nSPS) is 13.1. The molecule has 1 N–H and O–H groups in total. The third-order valence-electron chi connectivity index (χ3n) is 5.17. The highest BCUT2D eigenvalue weighted by atomic mass is 32.2. The molecule has 3 aromatic rings. The van der Waals surface area contributed by atoms with Crippen molar-refractivity contribution >= 4 is 51.3 Å². The zero-order valence-electron chi connectivity index (χ0n) is 17.7. The highest BCUT2D eigenvalue weighted by molar-refractivity contribution is 7.99. The van der Waals surface area contributed by atoms with Crippen molar-refractivity contribution in [3.63, 3.8) is 0 Å². The van der Waals surface area contributed by atoms with E-state index < -0.39 is 0 Å². The van der Waals surface area contributed by atoms with Crippen LogP contribution in [0.1, 0.15) is 45.4 Å². The smallest absolute Gasteiger partial charge is 0.341 e. The van der Waals surface area contributed by atoms with E-state index in [0.29, 0.717) is 22.3 Å². The molecular formula is C21H24N4O3S3. The van der Waals surface area contributed by atoms with Gasteiger partial charge in [0.1, 0.15) is 5.00 Å². The highest BCUT2D eigenvalue weighted by Gasteiger charge is 2.27. The van der Waals surface area contributed by atoms with Gasteiger partial charge < -0.3 is 14.6 Å². The Morgan fingerprint density at radius 2 is 2.10 bits per heavy atom. The van der Waals surface area contributed by atoms with Crippen LogP contribution in [-0.2, 0) is 28.9 Å². The van der Waals surface area contributed by atoms with Crippen molar-refractivity contribution in [3.8, 4) is 11.4 Å². The molecule has 3 heterocycles. The topological polar surface area (TPSA) is 86.1 Å². The molecular weight excluding hydrogens is 452 g/mol. The number of thioether (sulfide) groups is 1. The number of carbonyl (C=O) groups is 2. The van der Waals surface area contributed by atoms with Gasteiger partial charge in [0.15, 0.2) is 11.0 Å². The summed E-state index contributed by atoms with van der Waals surface area (Å²) in [5, 5.41) is 14.9. The number of amides is 1. The predicted octanol–water partition coefficient (Wildman–Crippen LogP) is 4.79. The van der Waals surface area contributed by atoms with Gasteiger partial charge in [-0.3, -0.25) is 4.79 Å². The Balaban J connectivity index is 1.48. The van der Waals surface area contributed by atoms with E-state index in [2.05, 4.69) is 33.9 Å². The van der Waals surface area contributed by atoms with Crippen LogP contribution in [0.25, 0.3) is 11.4 Å². The van der Waals surface area contributed by atoms with E-state index >= 15 is 0 Å². The van der Waals surface area contributed by atoms with E-state index in [9.17, 15) is 9.59 Å². The summed E-state index contributed by atoms with van der Waals surface area (Å²) in [6.45, 7) is 4.81. The number of esters is 1. The number of hydrogen-bond acceptors (Lipinski definition) is 8. The van der Waals surface area contributed by atoms with E-state index in [1.54, 1.807) is 11.3 Å². The van der Waals surface area contributed by atoms with Crippen molar-refractivity contribution in [2.45, 2.75) is 51.2 Å². The first-order chi connectivity index (χ1) is 15.0. The van der Waals surface area contributed by atoms with Crippen molar-refractivity contribution in [3.05, 3.63) is 32.3 Å². The molecule has 0 saturated carbocycles. The molecule has 0 radical (unpaired) electrons.